The van der Waals surface area contributed by atoms with Crippen LogP contribution in [-0.2, 0) is 19.4 Å². The Kier molecular flexibility index (Phi) is 6.70. The number of rotatable bonds is 9. The average Bonchev–Trinajstić information content (AvgIpc) is 3.00. The van der Waals surface area contributed by atoms with Crippen LogP contribution in [0.5, 0.6) is 0 Å². The van der Waals surface area contributed by atoms with Crippen molar-refractivity contribution >= 4 is 5.91 Å². The summed E-state index contributed by atoms with van der Waals surface area (Å²) in [5.41, 5.74) is 12.1. The molecule has 3 aromatic rings. The standard InChI is InChI=1S/C25H30N2O/c1-3-4-7-16-22-24(21-14-10-6-11-15-21)23(25(26)28)19(2)27(22)18-17-20-12-8-5-9-13-20/h5-6,8-15H,3-4,7,16-18H2,1-2H3,(H2,26,28). The largest absolute Gasteiger partial charge is 0.366 e. The molecule has 0 radical (unpaired) electrons. The molecule has 0 saturated heterocycles. The summed E-state index contributed by atoms with van der Waals surface area (Å²) < 4.78 is 2.32. The van der Waals surface area contributed by atoms with Crippen molar-refractivity contribution in [2.24, 2.45) is 5.73 Å². The van der Waals surface area contributed by atoms with Gasteiger partial charge >= 0.3 is 0 Å². The van der Waals surface area contributed by atoms with Crippen LogP contribution in [0.1, 0.15) is 53.5 Å². The van der Waals surface area contributed by atoms with Gasteiger partial charge in [0, 0.05) is 23.5 Å². The Labute approximate surface area is 168 Å². The zero-order valence-corrected chi connectivity index (χ0v) is 16.9. The van der Waals surface area contributed by atoms with E-state index in [1.54, 1.807) is 0 Å². The summed E-state index contributed by atoms with van der Waals surface area (Å²) >= 11 is 0. The first kappa shape index (κ1) is 19.9. The van der Waals surface area contributed by atoms with E-state index in [-0.39, 0.29) is 5.91 Å². The van der Waals surface area contributed by atoms with Crippen LogP contribution >= 0.6 is 0 Å². The summed E-state index contributed by atoms with van der Waals surface area (Å²) in [5, 5.41) is 0. The number of hydrogen-bond donors (Lipinski definition) is 1. The van der Waals surface area contributed by atoms with E-state index in [0.29, 0.717) is 5.56 Å². The van der Waals surface area contributed by atoms with E-state index >= 15 is 0 Å². The molecule has 1 amide bonds. The van der Waals surface area contributed by atoms with Gasteiger partial charge in [-0.3, -0.25) is 4.79 Å². The lowest BCUT2D eigenvalue weighted by Gasteiger charge is -2.13. The van der Waals surface area contributed by atoms with Crippen molar-refractivity contribution in [2.75, 3.05) is 0 Å². The molecule has 2 N–H and O–H groups in total. The van der Waals surface area contributed by atoms with Gasteiger partial charge < -0.3 is 10.3 Å². The van der Waals surface area contributed by atoms with Crippen LogP contribution in [0.25, 0.3) is 11.1 Å². The van der Waals surface area contributed by atoms with Crippen molar-refractivity contribution in [3.8, 4) is 11.1 Å². The summed E-state index contributed by atoms with van der Waals surface area (Å²) in [6.07, 6.45) is 5.37. The van der Waals surface area contributed by atoms with E-state index in [0.717, 1.165) is 42.6 Å². The summed E-state index contributed by atoms with van der Waals surface area (Å²) in [6.45, 7) is 5.10. The number of aryl methyl sites for hydroxylation is 1. The maximum absolute atomic E-state index is 12.4. The summed E-state index contributed by atoms with van der Waals surface area (Å²) in [4.78, 5) is 12.4. The number of carbonyl (C=O) groups excluding carboxylic acids is 1. The van der Waals surface area contributed by atoms with Crippen molar-refractivity contribution in [3.63, 3.8) is 0 Å². The Morgan fingerprint density at radius 3 is 2.18 bits per heavy atom. The zero-order valence-electron chi connectivity index (χ0n) is 16.9. The molecule has 28 heavy (non-hydrogen) atoms. The molecule has 0 aliphatic heterocycles. The summed E-state index contributed by atoms with van der Waals surface area (Å²) in [6, 6.07) is 20.7. The van der Waals surface area contributed by atoms with Crippen LogP contribution in [0.3, 0.4) is 0 Å². The van der Waals surface area contributed by atoms with Crippen LogP contribution in [-0.4, -0.2) is 10.5 Å². The molecule has 0 saturated carbocycles. The van der Waals surface area contributed by atoms with Crippen LogP contribution in [0.4, 0.5) is 0 Å². The molecule has 3 nitrogen and oxygen atoms in total. The third kappa shape index (κ3) is 4.36. The van der Waals surface area contributed by atoms with Crippen LogP contribution in [0.15, 0.2) is 60.7 Å². The molecule has 0 aliphatic rings. The number of nitrogens with zero attached hydrogens (tertiary/aromatic N) is 1. The van der Waals surface area contributed by atoms with Gasteiger partial charge in [-0.05, 0) is 37.3 Å². The Bertz CT molecular complexity index is 911. The minimum Gasteiger partial charge on any atom is -0.366 e. The van der Waals surface area contributed by atoms with Gasteiger partial charge in [0.2, 0.25) is 0 Å². The minimum absolute atomic E-state index is 0.341. The minimum atomic E-state index is -0.341. The maximum Gasteiger partial charge on any atom is 0.251 e. The Morgan fingerprint density at radius 1 is 0.929 bits per heavy atom. The molecule has 2 aromatic carbocycles. The highest BCUT2D eigenvalue weighted by atomic mass is 16.1. The fourth-order valence-electron chi connectivity index (χ4n) is 4.01. The highest BCUT2D eigenvalue weighted by molar-refractivity contribution is 6.02. The van der Waals surface area contributed by atoms with E-state index in [4.69, 9.17) is 5.73 Å². The quantitative estimate of drug-likeness (QED) is 0.491. The SMILES string of the molecule is CCCCCc1c(-c2ccccc2)c(C(N)=O)c(C)n1CCc1ccccc1. The molecule has 146 valence electrons. The molecule has 0 fully saturated rings. The van der Waals surface area contributed by atoms with E-state index in [9.17, 15) is 4.79 Å². The number of carbonyl (C=O) groups is 1. The smallest absolute Gasteiger partial charge is 0.251 e. The first-order chi connectivity index (χ1) is 13.6. The van der Waals surface area contributed by atoms with Gasteiger partial charge in [0.05, 0.1) is 5.56 Å². The van der Waals surface area contributed by atoms with E-state index < -0.39 is 0 Å². The Hall–Kier alpha value is -2.81. The number of amides is 1. The molecule has 0 unspecified atom stereocenters. The molecule has 0 spiro atoms. The van der Waals surface area contributed by atoms with E-state index in [2.05, 4.69) is 47.9 Å². The van der Waals surface area contributed by atoms with Gasteiger partial charge in [0.15, 0.2) is 0 Å². The lowest BCUT2D eigenvalue weighted by atomic mass is 9.97. The molecule has 0 aliphatic carbocycles. The van der Waals surface area contributed by atoms with E-state index in [1.165, 1.54) is 24.1 Å². The number of unbranched alkanes of at least 4 members (excludes halogenated alkanes) is 2. The van der Waals surface area contributed by atoms with Crippen LogP contribution in [0, 0.1) is 6.92 Å². The number of primary amides is 1. The molecule has 0 bridgehead atoms. The Morgan fingerprint density at radius 2 is 1.57 bits per heavy atom. The zero-order chi connectivity index (χ0) is 19.9. The Balaban J connectivity index is 2.07. The fourth-order valence-corrected chi connectivity index (χ4v) is 4.01. The van der Waals surface area contributed by atoms with Crippen molar-refractivity contribution in [1.29, 1.82) is 0 Å². The second-order valence-corrected chi connectivity index (χ2v) is 7.36. The molecule has 1 heterocycles. The lowest BCUT2D eigenvalue weighted by Crippen LogP contribution is -2.14. The normalized spacial score (nSPS) is 10.9. The predicted octanol–water partition coefficient (Wildman–Crippen LogP) is 5.54. The first-order valence-corrected chi connectivity index (χ1v) is 10.2. The monoisotopic (exact) mass is 374 g/mol. The number of benzene rings is 2. The van der Waals surface area contributed by atoms with Crippen LogP contribution < -0.4 is 5.73 Å². The highest BCUT2D eigenvalue weighted by Gasteiger charge is 2.24. The van der Waals surface area contributed by atoms with Crippen molar-refractivity contribution in [2.45, 2.75) is 52.5 Å². The van der Waals surface area contributed by atoms with Crippen molar-refractivity contribution in [1.82, 2.24) is 4.57 Å². The molecular weight excluding hydrogens is 344 g/mol. The topological polar surface area (TPSA) is 48.0 Å². The number of hydrogen-bond acceptors (Lipinski definition) is 1. The molecule has 0 atom stereocenters. The van der Waals surface area contributed by atoms with Crippen molar-refractivity contribution in [3.05, 3.63) is 83.2 Å². The maximum atomic E-state index is 12.4. The van der Waals surface area contributed by atoms with E-state index in [1.807, 2.05) is 31.2 Å². The third-order valence-corrected chi connectivity index (χ3v) is 5.42. The second kappa shape index (κ2) is 9.41. The average molecular weight is 375 g/mol. The fraction of sp³-hybridized carbons (Fsp3) is 0.320. The predicted molar refractivity (Wildman–Crippen MR) is 116 cm³/mol. The summed E-state index contributed by atoms with van der Waals surface area (Å²) in [5.74, 6) is -0.341. The summed E-state index contributed by atoms with van der Waals surface area (Å²) in [7, 11) is 0. The van der Waals surface area contributed by atoms with Gasteiger partial charge in [0.25, 0.3) is 5.91 Å². The number of aromatic nitrogens is 1. The van der Waals surface area contributed by atoms with Gasteiger partial charge in [-0.15, -0.1) is 0 Å². The molecular formula is C25H30N2O. The van der Waals surface area contributed by atoms with Gasteiger partial charge in [-0.2, -0.15) is 0 Å². The lowest BCUT2D eigenvalue weighted by molar-refractivity contribution is 0.1000. The molecule has 1 aromatic heterocycles. The van der Waals surface area contributed by atoms with Crippen molar-refractivity contribution < 1.29 is 4.79 Å². The van der Waals surface area contributed by atoms with Gasteiger partial charge in [0.1, 0.15) is 0 Å². The second-order valence-electron chi connectivity index (χ2n) is 7.36. The molecule has 3 heteroatoms. The van der Waals surface area contributed by atoms with Gasteiger partial charge in [-0.1, -0.05) is 80.4 Å². The number of nitrogens with two attached hydrogens (primary N) is 1. The first-order valence-electron chi connectivity index (χ1n) is 10.2. The third-order valence-electron chi connectivity index (χ3n) is 5.42. The van der Waals surface area contributed by atoms with Gasteiger partial charge in [-0.25, -0.2) is 0 Å². The molecule has 3 rings (SSSR count). The van der Waals surface area contributed by atoms with Crippen LogP contribution in [0.2, 0.25) is 0 Å². The highest BCUT2D eigenvalue weighted by Crippen LogP contribution is 2.34.